The maximum absolute atomic E-state index is 12.4. The molecule has 1 aromatic heterocycles. The lowest BCUT2D eigenvalue weighted by atomic mass is 10.1. The summed E-state index contributed by atoms with van der Waals surface area (Å²) in [6, 6.07) is 26.4. The molecule has 7 heteroatoms. The molecule has 0 aliphatic heterocycles. The average molecular weight is 468 g/mol. The fourth-order valence-electron chi connectivity index (χ4n) is 3.43. The summed E-state index contributed by atoms with van der Waals surface area (Å²) in [7, 11) is 3.25. The number of ether oxygens (including phenoxy) is 2. The van der Waals surface area contributed by atoms with Crippen molar-refractivity contribution in [3.05, 3.63) is 103 Å². The molecular formula is C28H25N3O4. The lowest BCUT2D eigenvalue weighted by Crippen LogP contribution is -2.30. The van der Waals surface area contributed by atoms with Crippen molar-refractivity contribution in [3.8, 4) is 22.7 Å². The van der Waals surface area contributed by atoms with Crippen LogP contribution in [0.5, 0.6) is 5.75 Å². The Morgan fingerprint density at radius 3 is 2.26 bits per heavy atom. The van der Waals surface area contributed by atoms with Crippen LogP contribution in [0.15, 0.2) is 97.2 Å². The first-order chi connectivity index (χ1) is 17.0. The number of aromatic nitrogens is 2. The molecule has 0 fully saturated rings. The van der Waals surface area contributed by atoms with Gasteiger partial charge >= 0.3 is 5.97 Å². The normalized spacial score (nSPS) is 10.8. The zero-order valence-electron chi connectivity index (χ0n) is 19.5. The Morgan fingerprint density at radius 2 is 1.60 bits per heavy atom. The molecule has 4 rings (SSSR count). The number of rotatable bonds is 8. The van der Waals surface area contributed by atoms with E-state index in [1.54, 1.807) is 24.9 Å². The van der Waals surface area contributed by atoms with E-state index < -0.39 is 5.97 Å². The minimum atomic E-state index is -0.618. The highest BCUT2D eigenvalue weighted by atomic mass is 16.5. The van der Waals surface area contributed by atoms with Gasteiger partial charge in [0.25, 0.3) is 5.91 Å². The zero-order valence-corrected chi connectivity index (χ0v) is 19.5. The maximum Gasteiger partial charge on any atom is 0.331 e. The van der Waals surface area contributed by atoms with Gasteiger partial charge in [-0.25, -0.2) is 9.48 Å². The predicted octanol–water partition coefficient (Wildman–Crippen LogP) is 4.77. The minimum Gasteiger partial charge on any atom is -0.497 e. The van der Waals surface area contributed by atoms with Crippen LogP contribution in [0, 0.1) is 0 Å². The molecule has 0 aliphatic carbocycles. The summed E-state index contributed by atoms with van der Waals surface area (Å²) < 4.78 is 12.2. The number of carbonyl (C=O) groups is 2. The molecule has 3 aromatic carbocycles. The number of hydrogen-bond acceptors (Lipinski definition) is 5. The van der Waals surface area contributed by atoms with Crippen molar-refractivity contribution in [2.24, 2.45) is 0 Å². The third-order valence-corrected chi connectivity index (χ3v) is 5.38. The van der Waals surface area contributed by atoms with Gasteiger partial charge in [-0.1, -0.05) is 36.4 Å². The van der Waals surface area contributed by atoms with E-state index in [1.807, 2.05) is 91.1 Å². The molecule has 0 radical (unpaired) electrons. The fraction of sp³-hybridized carbons (Fsp3) is 0.107. The van der Waals surface area contributed by atoms with Crippen LogP contribution in [0.25, 0.3) is 23.0 Å². The SMILES string of the molecule is COc1ccc(-c2nn(-c3ccccc3)cc2C=CC(=O)OCC(=O)N(C)c2ccccc2)cc1. The van der Waals surface area contributed by atoms with Gasteiger partial charge in [0.1, 0.15) is 5.75 Å². The fourth-order valence-corrected chi connectivity index (χ4v) is 3.43. The molecule has 1 amide bonds. The third-order valence-electron chi connectivity index (χ3n) is 5.38. The summed E-state index contributed by atoms with van der Waals surface area (Å²) in [6.07, 6.45) is 4.78. The Labute approximate surface area is 203 Å². The van der Waals surface area contributed by atoms with Gasteiger partial charge in [0.2, 0.25) is 0 Å². The molecular weight excluding hydrogens is 442 g/mol. The molecule has 0 spiro atoms. The molecule has 0 unspecified atom stereocenters. The Hall–Kier alpha value is -4.65. The maximum atomic E-state index is 12.4. The Bertz CT molecular complexity index is 1310. The second kappa shape index (κ2) is 11.0. The van der Waals surface area contributed by atoms with E-state index in [0.29, 0.717) is 5.69 Å². The Morgan fingerprint density at radius 1 is 0.943 bits per heavy atom. The van der Waals surface area contributed by atoms with Gasteiger partial charge in [0.05, 0.1) is 18.5 Å². The number of hydrogen-bond donors (Lipinski definition) is 0. The number of carbonyl (C=O) groups excluding carboxylic acids is 2. The van der Waals surface area contributed by atoms with Crippen LogP contribution in [-0.2, 0) is 14.3 Å². The van der Waals surface area contributed by atoms with Crippen molar-refractivity contribution in [2.75, 3.05) is 25.7 Å². The number of likely N-dealkylation sites (N-methyl/N-ethyl adjacent to an activating group) is 1. The quantitative estimate of drug-likeness (QED) is 0.276. The summed E-state index contributed by atoms with van der Waals surface area (Å²) in [4.78, 5) is 26.2. The van der Waals surface area contributed by atoms with E-state index in [2.05, 4.69) is 0 Å². The van der Waals surface area contributed by atoms with Crippen molar-refractivity contribution in [1.82, 2.24) is 9.78 Å². The minimum absolute atomic E-state index is 0.325. The van der Waals surface area contributed by atoms with E-state index in [9.17, 15) is 9.59 Å². The van der Waals surface area contributed by atoms with Gasteiger partial charge in [-0.2, -0.15) is 5.10 Å². The first-order valence-corrected chi connectivity index (χ1v) is 11.0. The molecule has 0 atom stereocenters. The van der Waals surface area contributed by atoms with Gasteiger partial charge in [-0.3, -0.25) is 4.79 Å². The van der Waals surface area contributed by atoms with Crippen molar-refractivity contribution in [2.45, 2.75) is 0 Å². The molecule has 35 heavy (non-hydrogen) atoms. The predicted molar refractivity (Wildman–Crippen MR) is 135 cm³/mol. The molecule has 7 nitrogen and oxygen atoms in total. The molecule has 176 valence electrons. The second-order valence-electron chi connectivity index (χ2n) is 7.67. The molecule has 0 bridgehead atoms. The van der Waals surface area contributed by atoms with Gasteiger partial charge < -0.3 is 14.4 Å². The third kappa shape index (κ3) is 5.83. The van der Waals surface area contributed by atoms with Crippen molar-refractivity contribution < 1.29 is 19.1 Å². The number of benzene rings is 3. The molecule has 0 N–H and O–H groups in total. The smallest absolute Gasteiger partial charge is 0.331 e. The summed E-state index contributed by atoms with van der Waals surface area (Å²) in [5.74, 6) is -0.205. The summed E-state index contributed by atoms with van der Waals surface area (Å²) in [5, 5.41) is 4.73. The van der Waals surface area contributed by atoms with E-state index in [1.165, 1.54) is 11.0 Å². The number of amides is 1. The van der Waals surface area contributed by atoms with Crippen molar-refractivity contribution >= 4 is 23.6 Å². The summed E-state index contributed by atoms with van der Waals surface area (Å²) in [5.41, 5.74) is 3.90. The number of methoxy groups -OCH3 is 1. The number of nitrogens with zero attached hydrogens (tertiary/aromatic N) is 3. The van der Waals surface area contributed by atoms with Crippen molar-refractivity contribution in [3.63, 3.8) is 0 Å². The standard InChI is InChI=1S/C28H25N3O4/c1-30(23-9-5-3-6-10-23)26(32)20-35-27(33)18-15-22-19-31(24-11-7-4-8-12-24)29-28(22)21-13-16-25(34-2)17-14-21/h3-19H,20H2,1-2H3. The first-order valence-electron chi connectivity index (χ1n) is 11.0. The largest absolute Gasteiger partial charge is 0.497 e. The van der Waals surface area contributed by atoms with Crippen LogP contribution >= 0.6 is 0 Å². The van der Waals surface area contributed by atoms with Gasteiger partial charge in [-0.05, 0) is 54.6 Å². The highest BCUT2D eigenvalue weighted by Gasteiger charge is 2.14. The van der Waals surface area contributed by atoms with E-state index in [4.69, 9.17) is 14.6 Å². The molecule has 0 saturated heterocycles. The number of para-hydroxylation sites is 2. The van der Waals surface area contributed by atoms with Crippen LogP contribution in [-0.4, -0.2) is 42.4 Å². The molecule has 1 heterocycles. The van der Waals surface area contributed by atoms with E-state index >= 15 is 0 Å². The summed E-state index contributed by atoms with van der Waals surface area (Å²) >= 11 is 0. The lowest BCUT2D eigenvalue weighted by Gasteiger charge is -2.16. The topological polar surface area (TPSA) is 73.7 Å². The van der Waals surface area contributed by atoms with E-state index in [0.717, 1.165) is 28.3 Å². The van der Waals surface area contributed by atoms with Gasteiger partial charge in [-0.15, -0.1) is 0 Å². The van der Waals surface area contributed by atoms with Crippen LogP contribution in [0.4, 0.5) is 5.69 Å². The highest BCUT2D eigenvalue weighted by molar-refractivity contribution is 5.96. The molecule has 4 aromatic rings. The number of esters is 1. The van der Waals surface area contributed by atoms with Gasteiger partial charge in [0.15, 0.2) is 6.61 Å². The monoisotopic (exact) mass is 467 g/mol. The van der Waals surface area contributed by atoms with Crippen LogP contribution < -0.4 is 9.64 Å². The van der Waals surface area contributed by atoms with E-state index in [-0.39, 0.29) is 12.5 Å². The number of anilines is 1. The molecule has 0 saturated carbocycles. The van der Waals surface area contributed by atoms with Crippen LogP contribution in [0.3, 0.4) is 0 Å². The Balaban J connectivity index is 1.50. The van der Waals surface area contributed by atoms with Crippen LogP contribution in [0.1, 0.15) is 5.56 Å². The molecule has 0 aliphatic rings. The van der Waals surface area contributed by atoms with Crippen molar-refractivity contribution in [1.29, 1.82) is 0 Å². The van der Waals surface area contributed by atoms with Crippen LogP contribution in [0.2, 0.25) is 0 Å². The second-order valence-corrected chi connectivity index (χ2v) is 7.67. The lowest BCUT2D eigenvalue weighted by molar-refractivity contribution is -0.142. The Kier molecular flexibility index (Phi) is 7.37. The first kappa shape index (κ1) is 23.5. The highest BCUT2D eigenvalue weighted by Crippen LogP contribution is 2.26. The summed E-state index contributed by atoms with van der Waals surface area (Å²) in [6.45, 7) is -0.358. The van der Waals surface area contributed by atoms with Gasteiger partial charge in [0, 0.05) is 36.1 Å². The average Bonchev–Trinajstić information content (AvgIpc) is 3.35. The zero-order chi connectivity index (χ0) is 24.6.